The maximum absolute atomic E-state index is 2.66. The van der Waals surface area contributed by atoms with E-state index in [4.69, 9.17) is 0 Å². The van der Waals surface area contributed by atoms with Gasteiger partial charge in [-0.15, -0.1) is 0 Å². The minimum Gasteiger partial charge on any atom is -0.196 e. The van der Waals surface area contributed by atoms with Crippen molar-refractivity contribution in [3.8, 4) is 55.6 Å². The molecule has 0 bridgehead atoms. The summed E-state index contributed by atoms with van der Waals surface area (Å²) in [7, 11) is -1.32. The molecule has 0 N–H and O–H groups in total. The van der Waals surface area contributed by atoms with Gasteiger partial charge in [0.05, 0.1) is 0 Å². The molecule has 1 atom stereocenters. The van der Waals surface area contributed by atoms with Crippen LogP contribution in [0.25, 0.3) is 82.8 Å². The first-order valence-corrected chi connectivity index (χ1v) is 25.8. The highest BCUT2D eigenvalue weighted by atomic mass is 32.3. The fraction of sp³-hybridized carbons (Fsp3) is 0.156. The first-order valence-electron chi connectivity index (χ1n) is 23.3. The van der Waals surface area contributed by atoms with E-state index in [2.05, 4.69) is 228 Å². The molecule has 0 nitrogen and oxygen atoms in total. The minimum absolute atomic E-state index is 0.0951. The average Bonchev–Trinajstić information content (AvgIpc) is 3.81. The van der Waals surface area contributed by atoms with Crippen LogP contribution >= 0.6 is 10.0 Å². The Kier molecular flexibility index (Phi) is 8.16. The fourth-order valence-corrected chi connectivity index (χ4v) is 15.2. The molecule has 0 fully saturated rings. The second kappa shape index (κ2) is 13.7. The van der Waals surface area contributed by atoms with Crippen LogP contribution < -0.4 is 0 Å². The molecule has 65 heavy (non-hydrogen) atoms. The quantitative estimate of drug-likeness (QED) is 0.155. The first kappa shape index (κ1) is 38.8. The summed E-state index contributed by atoms with van der Waals surface area (Å²) in [6.07, 6.45) is 11.2. The lowest BCUT2D eigenvalue weighted by Crippen LogP contribution is -2.15. The first-order chi connectivity index (χ1) is 31.5. The number of allylic oxidation sites excluding steroid dienone is 4. The van der Waals surface area contributed by atoms with E-state index >= 15 is 0 Å². The van der Waals surface area contributed by atoms with Gasteiger partial charge in [-0.3, -0.25) is 0 Å². The third kappa shape index (κ3) is 5.46. The molecule has 0 aromatic heterocycles. The molecule has 1 unspecified atom stereocenters. The predicted octanol–water partition coefficient (Wildman–Crippen LogP) is 17.5. The molecule has 0 radical (unpaired) electrons. The standard InChI is InChI=1S/C64H52S/c1-63(2)55-25-14-12-21-45(55)47-30-28-43(34-57(47)63)61-50-23-10-11-24-51(50)62(44-29-31-48-46-22-13-15-26-56(46)64(3,4)58(48)35-44)54-38-60-52(37-53(54)61)49-32-27-42(36-59(49)65(60,5)6)41-20-16-19-40(33-41)39-17-8-7-9-18-39/h7-35,37-38,42H,36H2,1-6H3. The summed E-state index contributed by atoms with van der Waals surface area (Å²) in [5.74, 6) is 0.333. The van der Waals surface area contributed by atoms with Gasteiger partial charge in [-0.25, -0.2) is 0 Å². The Balaban J connectivity index is 1.04. The summed E-state index contributed by atoms with van der Waals surface area (Å²) < 4.78 is 0. The van der Waals surface area contributed by atoms with Crippen molar-refractivity contribution < 1.29 is 0 Å². The van der Waals surface area contributed by atoms with Gasteiger partial charge in [0.1, 0.15) is 0 Å². The van der Waals surface area contributed by atoms with E-state index in [0.29, 0.717) is 5.92 Å². The second-order valence-electron chi connectivity index (χ2n) is 20.4. The largest absolute Gasteiger partial charge is 0.196 e. The van der Waals surface area contributed by atoms with Crippen LogP contribution in [-0.2, 0) is 10.8 Å². The third-order valence-electron chi connectivity index (χ3n) is 15.9. The Bertz CT molecular complexity index is 3590. The van der Waals surface area contributed by atoms with Gasteiger partial charge in [0.2, 0.25) is 0 Å². The van der Waals surface area contributed by atoms with Gasteiger partial charge in [-0.2, -0.15) is 10.0 Å². The van der Waals surface area contributed by atoms with Crippen molar-refractivity contribution in [3.63, 3.8) is 0 Å². The molecule has 1 heterocycles. The fourth-order valence-electron chi connectivity index (χ4n) is 12.5. The van der Waals surface area contributed by atoms with Crippen LogP contribution in [0.4, 0.5) is 0 Å². The van der Waals surface area contributed by atoms with Crippen molar-refractivity contribution in [1.29, 1.82) is 0 Å². The van der Waals surface area contributed by atoms with E-state index in [-0.39, 0.29) is 10.8 Å². The topological polar surface area (TPSA) is 0 Å². The van der Waals surface area contributed by atoms with E-state index in [9.17, 15) is 0 Å². The van der Waals surface area contributed by atoms with Gasteiger partial charge in [0, 0.05) is 21.6 Å². The summed E-state index contributed by atoms with van der Waals surface area (Å²) in [4.78, 5) is 3.14. The van der Waals surface area contributed by atoms with Crippen molar-refractivity contribution in [2.75, 3.05) is 12.5 Å². The van der Waals surface area contributed by atoms with Gasteiger partial charge >= 0.3 is 0 Å². The summed E-state index contributed by atoms with van der Waals surface area (Å²) in [6, 6.07) is 67.4. The van der Waals surface area contributed by atoms with Crippen LogP contribution in [-0.4, -0.2) is 12.5 Å². The molecule has 3 aliphatic carbocycles. The summed E-state index contributed by atoms with van der Waals surface area (Å²) in [6.45, 7) is 9.62. The molecule has 314 valence electrons. The zero-order chi connectivity index (χ0) is 44.0. The molecule has 9 aromatic carbocycles. The predicted molar refractivity (Wildman–Crippen MR) is 280 cm³/mol. The van der Waals surface area contributed by atoms with Crippen molar-refractivity contribution >= 4 is 37.1 Å². The molecule has 1 aliphatic heterocycles. The van der Waals surface area contributed by atoms with Crippen LogP contribution in [0.3, 0.4) is 0 Å². The number of benzene rings is 9. The molecular weight excluding hydrogens is 801 g/mol. The Morgan fingerprint density at radius 1 is 0.415 bits per heavy atom. The molecule has 0 saturated carbocycles. The number of hydrogen-bond donors (Lipinski definition) is 0. The molecule has 13 rings (SSSR count). The van der Waals surface area contributed by atoms with Crippen LogP contribution in [0, 0.1) is 0 Å². The average molecular weight is 853 g/mol. The van der Waals surface area contributed by atoms with E-state index < -0.39 is 10.0 Å². The lowest BCUT2D eigenvalue weighted by Gasteiger charge is -2.34. The van der Waals surface area contributed by atoms with Gasteiger partial charge in [0.25, 0.3) is 0 Å². The molecule has 4 aliphatic rings. The minimum atomic E-state index is -1.32. The zero-order valence-electron chi connectivity index (χ0n) is 38.1. The van der Waals surface area contributed by atoms with Crippen LogP contribution in [0.2, 0.25) is 0 Å². The Morgan fingerprint density at radius 2 is 0.938 bits per heavy atom. The highest BCUT2D eigenvalue weighted by molar-refractivity contribution is 8.36. The van der Waals surface area contributed by atoms with Gasteiger partial charge < -0.3 is 0 Å². The monoisotopic (exact) mass is 852 g/mol. The molecule has 0 amide bonds. The van der Waals surface area contributed by atoms with E-state index in [0.717, 1.165) is 6.42 Å². The van der Waals surface area contributed by atoms with Gasteiger partial charge in [0.15, 0.2) is 0 Å². The molecule has 0 saturated heterocycles. The normalized spacial score (nSPS) is 18.2. The van der Waals surface area contributed by atoms with Gasteiger partial charge in [-0.1, -0.05) is 192 Å². The van der Waals surface area contributed by atoms with Crippen molar-refractivity contribution in [3.05, 3.63) is 226 Å². The Hall–Kier alpha value is -6.67. The number of rotatable bonds is 4. The van der Waals surface area contributed by atoms with E-state index in [1.54, 1.807) is 4.91 Å². The van der Waals surface area contributed by atoms with Crippen molar-refractivity contribution in [2.45, 2.75) is 55.8 Å². The van der Waals surface area contributed by atoms with Crippen LogP contribution in [0.15, 0.2) is 198 Å². The Labute approximate surface area is 385 Å². The summed E-state index contributed by atoms with van der Waals surface area (Å²) in [5, 5.41) is 5.31. The highest BCUT2D eigenvalue weighted by Gasteiger charge is 2.40. The maximum atomic E-state index is 2.66. The third-order valence-corrected chi connectivity index (χ3v) is 19.0. The molecule has 0 spiro atoms. The van der Waals surface area contributed by atoms with E-state index in [1.807, 2.05) is 0 Å². The van der Waals surface area contributed by atoms with Crippen molar-refractivity contribution in [1.82, 2.24) is 0 Å². The smallest absolute Gasteiger partial charge is 0.0159 e. The molecular formula is C64H52S. The summed E-state index contributed by atoms with van der Waals surface area (Å²) >= 11 is 0. The number of hydrogen-bond acceptors (Lipinski definition) is 0. The Morgan fingerprint density at radius 3 is 1.55 bits per heavy atom. The van der Waals surface area contributed by atoms with Crippen LogP contribution in [0.5, 0.6) is 0 Å². The van der Waals surface area contributed by atoms with E-state index in [1.165, 1.54) is 121 Å². The summed E-state index contributed by atoms with van der Waals surface area (Å²) in [5.41, 5.74) is 23.0. The lowest BCUT2D eigenvalue weighted by molar-refractivity contribution is 0.660. The van der Waals surface area contributed by atoms with Crippen LogP contribution in [0.1, 0.15) is 73.4 Å². The zero-order valence-corrected chi connectivity index (χ0v) is 38.9. The SMILES string of the molecule is CC1(C)c2ccccc2-c2ccc(-c3c4ccccc4c(-c4ccc5c(c4)C(C)(C)c4ccccc4-5)c4cc5c(cc34)C3=C(CC(c4cccc(-c6ccccc6)c4)C=C3)S5(C)C)cc21. The number of fused-ring (bicyclic) bond motifs is 10. The lowest BCUT2D eigenvalue weighted by atomic mass is 9.79. The maximum Gasteiger partial charge on any atom is 0.0159 e. The van der Waals surface area contributed by atoms with Crippen molar-refractivity contribution in [2.24, 2.45) is 0 Å². The highest BCUT2D eigenvalue weighted by Crippen LogP contribution is 2.69. The second-order valence-corrected chi connectivity index (χ2v) is 24.0. The van der Waals surface area contributed by atoms with Gasteiger partial charge in [-0.05, 0) is 164 Å². The molecule has 9 aromatic rings. The molecule has 1 heteroatoms.